The second kappa shape index (κ2) is 4.90. The van der Waals surface area contributed by atoms with Crippen molar-refractivity contribution in [1.82, 2.24) is 4.90 Å². The van der Waals surface area contributed by atoms with Crippen molar-refractivity contribution in [2.45, 2.75) is 29.5 Å². The summed E-state index contributed by atoms with van der Waals surface area (Å²) >= 11 is 0. The lowest BCUT2D eigenvalue weighted by atomic mass is 10.2. The van der Waals surface area contributed by atoms with Crippen LogP contribution in [0.2, 0.25) is 0 Å². The quantitative estimate of drug-likeness (QED) is 0.852. The third-order valence-corrected chi connectivity index (χ3v) is 5.93. The molecule has 0 bridgehead atoms. The van der Waals surface area contributed by atoms with E-state index in [2.05, 4.69) is 0 Å². The summed E-state index contributed by atoms with van der Waals surface area (Å²) in [5.74, 6) is 0. The Morgan fingerprint density at radius 2 is 1.95 bits per heavy atom. The van der Waals surface area contributed by atoms with E-state index in [9.17, 15) is 18.0 Å². The van der Waals surface area contributed by atoms with Gasteiger partial charge < -0.3 is 5.11 Å². The molecule has 1 aromatic rings. The zero-order valence-corrected chi connectivity index (χ0v) is 11.8. The molecule has 1 N–H and O–H groups in total. The van der Waals surface area contributed by atoms with Gasteiger partial charge in [-0.05, 0) is 31.9 Å². The van der Waals surface area contributed by atoms with Crippen LogP contribution < -0.4 is 0 Å². The van der Waals surface area contributed by atoms with Gasteiger partial charge in [-0.25, -0.2) is 13.2 Å². The van der Waals surface area contributed by atoms with Gasteiger partial charge in [0.05, 0.1) is 4.90 Å². The van der Waals surface area contributed by atoms with Crippen molar-refractivity contribution in [3.8, 4) is 0 Å². The maximum absolute atomic E-state index is 12.7. The Labute approximate surface area is 116 Å². The van der Waals surface area contributed by atoms with Gasteiger partial charge in [-0.3, -0.25) is 9.69 Å². The molecule has 1 aliphatic rings. The van der Waals surface area contributed by atoms with E-state index >= 15 is 0 Å². The molecule has 1 fully saturated rings. The van der Waals surface area contributed by atoms with E-state index in [1.807, 2.05) is 6.92 Å². The van der Waals surface area contributed by atoms with Gasteiger partial charge in [-0.2, -0.15) is 0 Å². The molecule has 108 valence electrons. The number of rotatable bonds is 3. The van der Waals surface area contributed by atoms with Gasteiger partial charge in [0.1, 0.15) is 0 Å². The molecule has 1 aliphatic heterocycles. The molecule has 7 heteroatoms. The summed E-state index contributed by atoms with van der Waals surface area (Å²) in [5, 5.41) is 9.14. The summed E-state index contributed by atoms with van der Waals surface area (Å²) in [7, 11) is -4.08. The van der Waals surface area contributed by atoms with Crippen LogP contribution in [0.5, 0.6) is 0 Å². The van der Waals surface area contributed by atoms with Crippen LogP contribution in [0.4, 0.5) is 4.79 Å². The van der Waals surface area contributed by atoms with Gasteiger partial charge in [0.2, 0.25) is 14.7 Å². The zero-order chi connectivity index (χ0) is 15.0. The molecule has 0 saturated carbocycles. The predicted octanol–water partition coefficient (Wildman–Crippen LogP) is 1.44. The summed E-state index contributed by atoms with van der Waals surface area (Å²) < 4.78 is 25.4. The van der Waals surface area contributed by atoms with Gasteiger partial charge >= 0.3 is 6.09 Å². The number of sulfone groups is 1. The van der Waals surface area contributed by atoms with Gasteiger partial charge in [0.25, 0.3) is 0 Å². The van der Waals surface area contributed by atoms with Crippen LogP contribution in [0.1, 0.15) is 18.4 Å². The van der Waals surface area contributed by atoms with Crippen molar-refractivity contribution in [3.05, 3.63) is 29.8 Å². The SMILES string of the molecule is Cc1ccc(S(=O)(=O)C2(C=O)CCCN2C(=O)O)cc1. The first kappa shape index (κ1) is 14.5. The number of amides is 1. The summed E-state index contributed by atoms with van der Waals surface area (Å²) in [6.07, 6.45) is -0.830. The predicted molar refractivity (Wildman–Crippen MR) is 71.1 cm³/mol. The van der Waals surface area contributed by atoms with E-state index < -0.39 is 20.8 Å². The molecule has 0 spiro atoms. The first-order valence-electron chi connectivity index (χ1n) is 6.13. The molecule has 0 aromatic heterocycles. The highest BCUT2D eigenvalue weighted by Gasteiger charge is 2.54. The zero-order valence-electron chi connectivity index (χ0n) is 10.9. The van der Waals surface area contributed by atoms with E-state index in [0.717, 1.165) is 10.5 Å². The molecule has 1 heterocycles. The number of likely N-dealkylation sites (tertiary alicyclic amines) is 1. The molecule has 1 aromatic carbocycles. The lowest BCUT2D eigenvalue weighted by Gasteiger charge is -2.31. The van der Waals surface area contributed by atoms with E-state index in [-0.39, 0.29) is 24.1 Å². The third-order valence-electron chi connectivity index (χ3n) is 3.59. The number of aryl methyl sites for hydroxylation is 1. The average molecular weight is 297 g/mol. The molecule has 0 aliphatic carbocycles. The number of aldehydes is 1. The lowest BCUT2D eigenvalue weighted by Crippen LogP contribution is -2.53. The van der Waals surface area contributed by atoms with E-state index in [1.165, 1.54) is 12.1 Å². The highest BCUT2D eigenvalue weighted by Crippen LogP contribution is 2.37. The standard InChI is InChI=1S/C13H15NO5S/c1-10-3-5-11(6-4-10)20(18,19)13(9-15)7-2-8-14(13)12(16)17/h3-6,9H,2,7-8H2,1H3,(H,16,17). The van der Waals surface area contributed by atoms with Crippen LogP contribution in [0.3, 0.4) is 0 Å². The van der Waals surface area contributed by atoms with E-state index in [0.29, 0.717) is 6.42 Å². The molecule has 1 amide bonds. The minimum atomic E-state index is -4.08. The number of carbonyl (C=O) groups is 2. The number of hydrogen-bond acceptors (Lipinski definition) is 4. The fourth-order valence-electron chi connectivity index (χ4n) is 2.46. The Hall–Kier alpha value is -1.89. The summed E-state index contributed by atoms with van der Waals surface area (Å²) in [4.78, 5) is 21.3. The number of carboxylic acid groups (broad SMARTS) is 1. The number of benzene rings is 1. The van der Waals surface area contributed by atoms with Crippen LogP contribution in [-0.4, -0.2) is 42.2 Å². The van der Waals surface area contributed by atoms with Crippen LogP contribution >= 0.6 is 0 Å². The van der Waals surface area contributed by atoms with Gasteiger partial charge in [0, 0.05) is 6.54 Å². The van der Waals surface area contributed by atoms with Crippen LogP contribution in [-0.2, 0) is 14.6 Å². The molecule has 0 radical (unpaired) electrons. The maximum atomic E-state index is 12.7. The van der Waals surface area contributed by atoms with E-state index in [1.54, 1.807) is 12.1 Å². The highest BCUT2D eigenvalue weighted by molar-refractivity contribution is 7.93. The van der Waals surface area contributed by atoms with Crippen molar-refractivity contribution < 1.29 is 23.1 Å². The van der Waals surface area contributed by atoms with Crippen LogP contribution in [0, 0.1) is 6.92 Å². The fourth-order valence-corrected chi connectivity index (χ4v) is 4.36. The Bertz CT molecular complexity index is 637. The fraction of sp³-hybridized carbons (Fsp3) is 0.385. The van der Waals surface area contributed by atoms with Crippen molar-refractivity contribution in [1.29, 1.82) is 0 Å². The third kappa shape index (κ3) is 1.98. The second-order valence-electron chi connectivity index (χ2n) is 4.82. The lowest BCUT2D eigenvalue weighted by molar-refractivity contribution is -0.112. The smallest absolute Gasteiger partial charge is 0.408 e. The summed E-state index contributed by atoms with van der Waals surface area (Å²) in [5.41, 5.74) is 0.880. The number of carbonyl (C=O) groups excluding carboxylic acids is 1. The topological polar surface area (TPSA) is 91.8 Å². The molecule has 1 atom stereocenters. The van der Waals surface area contributed by atoms with Gasteiger partial charge in [-0.15, -0.1) is 0 Å². The first-order chi connectivity index (χ1) is 9.35. The molecular formula is C13H15NO5S. The summed E-state index contributed by atoms with van der Waals surface area (Å²) in [6, 6.07) is 6.03. The minimum absolute atomic E-state index is 0.0149. The molecule has 1 unspecified atom stereocenters. The van der Waals surface area contributed by atoms with Gasteiger partial charge in [-0.1, -0.05) is 17.7 Å². The van der Waals surface area contributed by atoms with Gasteiger partial charge in [0.15, 0.2) is 6.29 Å². The maximum Gasteiger partial charge on any atom is 0.408 e. The van der Waals surface area contributed by atoms with Crippen molar-refractivity contribution in [2.24, 2.45) is 0 Å². The second-order valence-corrected chi connectivity index (χ2v) is 7.00. The largest absolute Gasteiger partial charge is 0.465 e. The molecule has 2 rings (SSSR count). The van der Waals surface area contributed by atoms with Crippen LogP contribution in [0.15, 0.2) is 29.2 Å². The highest BCUT2D eigenvalue weighted by atomic mass is 32.2. The molecule has 1 saturated heterocycles. The monoisotopic (exact) mass is 297 g/mol. The Balaban J connectivity index is 2.58. The summed E-state index contributed by atoms with van der Waals surface area (Å²) in [6.45, 7) is 1.85. The molecular weight excluding hydrogens is 282 g/mol. The first-order valence-corrected chi connectivity index (χ1v) is 7.62. The minimum Gasteiger partial charge on any atom is -0.465 e. The number of nitrogens with zero attached hydrogens (tertiary/aromatic N) is 1. The van der Waals surface area contributed by atoms with Crippen molar-refractivity contribution in [2.75, 3.05) is 6.54 Å². The molecule has 6 nitrogen and oxygen atoms in total. The Morgan fingerprint density at radius 1 is 1.35 bits per heavy atom. The van der Waals surface area contributed by atoms with Crippen molar-refractivity contribution >= 4 is 22.2 Å². The van der Waals surface area contributed by atoms with E-state index in [4.69, 9.17) is 5.11 Å². The normalized spacial score (nSPS) is 22.8. The molecule has 20 heavy (non-hydrogen) atoms. The Morgan fingerprint density at radius 3 is 2.45 bits per heavy atom. The average Bonchev–Trinajstić information content (AvgIpc) is 2.84. The Kier molecular flexibility index (Phi) is 3.56. The van der Waals surface area contributed by atoms with Crippen LogP contribution in [0.25, 0.3) is 0 Å². The number of hydrogen-bond donors (Lipinski definition) is 1. The van der Waals surface area contributed by atoms with Crippen molar-refractivity contribution in [3.63, 3.8) is 0 Å².